The molecule has 41 heavy (non-hydrogen) atoms. The summed E-state index contributed by atoms with van der Waals surface area (Å²) in [5, 5.41) is 35.0. The molecule has 0 radical (unpaired) electrons. The second-order valence-corrected chi connectivity index (χ2v) is 13.3. The van der Waals surface area contributed by atoms with Crippen molar-refractivity contribution in [1.29, 1.82) is 0 Å². The Kier molecular flexibility index (Phi) is 8.86. The Hall–Kier alpha value is -2.59. The smallest absolute Gasteiger partial charge is 0.326 e. The van der Waals surface area contributed by atoms with Gasteiger partial charge in [-0.15, -0.1) is 0 Å². The SMILES string of the molecule is CC[C@@H](C)[C@H](NC(=O)CCC(=O)OCC(=O)[C@@]1(O)CC[C@H]2[C@@H]3CCC4=CC(=O)CC[C@]4(C)[C@H]3[C@@H](O)C[C@@]21C)C(=O)O. The molecule has 10 heteroatoms. The number of hydrogen-bond donors (Lipinski definition) is 4. The van der Waals surface area contributed by atoms with Crippen LogP contribution < -0.4 is 5.32 Å². The predicted octanol–water partition coefficient (Wildman–Crippen LogP) is 2.73. The van der Waals surface area contributed by atoms with Crippen LogP contribution in [0.15, 0.2) is 11.6 Å². The molecule has 0 aromatic carbocycles. The number of carbonyl (C=O) groups is 5. The Morgan fingerprint density at radius 3 is 2.49 bits per heavy atom. The summed E-state index contributed by atoms with van der Waals surface area (Å²) >= 11 is 0. The van der Waals surface area contributed by atoms with E-state index in [9.17, 15) is 39.3 Å². The van der Waals surface area contributed by atoms with Gasteiger partial charge < -0.3 is 25.4 Å². The normalized spacial score (nSPS) is 37.5. The Morgan fingerprint density at radius 1 is 1.12 bits per heavy atom. The van der Waals surface area contributed by atoms with Gasteiger partial charge in [-0.05, 0) is 73.7 Å². The van der Waals surface area contributed by atoms with E-state index in [-0.39, 0.29) is 60.6 Å². The van der Waals surface area contributed by atoms with E-state index in [1.165, 1.54) is 0 Å². The monoisotopic (exact) mass is 575 g/mol. The maximum absolute atomic E-state index is 13.4. The molecule has 0 saturated heterocycles. The van der Waals surface area contributed by atoms with Gasteiger partial charge in [-0.1, -0.05) is 39.7 Å². The Labute approximate surface area is 241 Å². The van der Waals surface area contributed by atoms with Crippen LogP contribution in [0.2, 0.25) is 0 Å². The molecular formula is C31H45NO9. The molecule has 0 aromatic heterocycles. The van der Waals surface area contributed by atoms with Crippen LogP contribution in [0.5, 0.6) is 0 Å². The molecule has 0 heterocycles. The van der Waals surface area contributed by atoms with E-state index in [1.807, 2.05) is 13.8 Å². The van der Waals surface area contributed by atoms with Crippen molar-refractivity contribution in [2.45, 2.75) is 110 Å². The molecule has 0 spiro atoms. The van der Waals surface area contributed by atoms with Crippen molar-refractivity contribution in [3.63, 3.8) is 0 Å². The number of nitrogens with one attached hydrogen (secondary N) is 1. The van der Waals surface area contributed by atoms with Crippen LogP contribution in [-0.4, -0.2) is 69.1 Å². The lowest BCUT2D eigenvalue weighted by molar-refractivity contribution is -0.184. The minimum Gasteiger partial charge on any atom is -0.480 e. The lowest BCUT2D eigenvalue weighted by atomic mass is 9.45. The largest absolute Gasteiger partial charge is 0.480 e. The highest BCUT2D eigenvalue weighted by Gasteiger charge is 2.68. The van der Waals surface area contributed by atoms with Gasteiger partial charge in [-0.3, -0.25) is 19.2 Å². The van der Waals surface area contributed by atoms with Crippen LogP contribution in [0, 0.1) is 34.5 Å². The number of aliphatic hydroxyl groups excluding tert-OH is 1. The number of ether oxygens (including phenoxy) is 1. The van der Waals surface area contributed by atoms with Crippen LogP contribution in [0.4, 0.5) is 0 Å². The summed E-state index contributed by atoms with van der Waals surface area (Å²) in [5.41, 5.74) is -1.81. The molecule has 3 saturated carbocycles. The summed E-state index contributed by atoms with van der Waals surface area (Å²) in [6.07, 6.45) is 4.77. The summed E-state index contributed by atoms with van der Waals surface area (Å²) in [7, 11) is 0. The number of amides is 1. The van der Waals surface area contributed by atoms with Crippen LogP contribution in [0.25, 0.3) is 0 Å². The van der Waals surface area contributed by atoms with Crippen molar-refractivity contribution in [3.8, 4) is 0 Å². The minimum atomic E-state index is -1.76. The summed E-state index contributed by atoms with van der Waals surface area (Å²) in [6, 6.07) is -1.06. The third-order valence-corrected chi connectivity index (χ3v) is 11.2. The summed E-state index contributed by atoms with van der Waals surface area (Å²) in [5.74, 6) is -3.23. The lowest BCUT2D eigenvalue weighted by Gasteiger charge is -2.60. The van der Waals surface area contributed by atoms with Gasteiger partial charge in [0.2, 0.25) is 11.7 Å². The molecular weight excluding hydrogens is 530 g/mol. The third kappa shape index (κ3) is 5.49. The summed E-state index contributed by atoms with van der Waals surface area (Å²) < 4.78 is 5.16. The van der Waals surface area contributed by atoms with E-state index in [1.54, 1.807) is 13.0 Å². The van der Waals surface area contributed by atoms with Crippen LogP contribution in [-0.2, 0) is 28.7 Å². The Balaban J connectivity index is 1.37. The first-order chi connectivity index (χ1) is 19.2. The zero-order chi connectivity index (χ0) is 30.3. The number of allylic oxidation sites excluding steroid dienone is 1. The zero-order valence-electron chi connectivity index (χ0n) is 24.6. The van der Waals surface area contributed by atoms with Crippen molar-refractivity contribution in [2.24, 2.45) is 34.5 Å². The number of fused-ring (bicyclic) bond motifs is 5. The fraction of sp³-hybridized carbons (Fsp3) is 0.774. The lowest BCUT2D eigenvalue weighted by Crippen LogP contribution is -2.62. The molecule has 4 aliphatic carbocycles. The molecule has 0 aliphatic heterocycles. The molecule has 4 N–H and O–H groups in total. The van der Waals surface area contributed by atoms with E-state index < -0.39 is 53.4 Å². The number of esters is 1. The summed E-state index contributed by atoms with van der Waals surface area (Å²) in [6.45, 7) is 6.90. The van der Waals surface area contributed by atoms with Crippen LogP contribution in [0.1, 0.15) is 91.9 Å². The number of ketones is 2. The summed E-state index contributed by atoms with van der Waals surface area (Å²) in [4.78, 5) is 61.5. The highest BCUT2D eigenvalue weighted by atomic mass is 16.5. The number of aliphatic carboxylic acids is 1. The molecule has 0 unspecified atom stereocenters. The minimum absolute atomic E-state index is 0.00736. The standard InChI is InChI=1S/C31H45NO9/c1-5-17(2)27(28(38)39)32-24(36)8-9-25(37)41-16-23(35)31(40)13-11-21-20-7-6-18-14-19(33)10-12-29(18,3)26(20)22(34)15-30(21,31)4/h14,17,20-22,26-27,34,40H,5-13,15-16H2,1-4H3,(H,32,36)(H,38,39)/t17-,20+,21+,22+,26-,27+,29+,30+,31+/m1/s1. The van der Waals surface area contributed by atoms with E-state index in [4.69, 9.17) is 4.74 Å². The molecule has 0 aromatic rings. The van der Waals surface area contributed by atoms with Gasteiger partial charge in [0.1, 0.15) is 11.6 Å². The van der Waals surface area contributed by atoms with Crippen LogP contribution >= 0.6 is 0 Å². The van der Waals surface area contributed by atoms with Gasteiger partial charge in [0.05, 0.1) is 12.5 Å². The highest BCUT2D eigenvalue weighted by molar-refractivity contribution is 5.92. The van der Waals surface area contributed by atoms with Gasteiger partial charge in [0.15, 0.2) is 12.4 Å². The van der Waals surface area contributed by atoms with E-state index in [0.29, 0.717) is 25.7 Å². The molecule has 3 fully saturated rings. The molecule has 1 amide bonds. The van der Waals surface area contributed by atoms with Crippen molar-refractivity contribution >= 4 is 29.4 Å². The first kappa shape index (κ1) is 31.3. The highest BCUT2D eigenvalue weighted by Crippen LogP contribution is 2.67. The predicted molar refractivity (Wildman–Crippen MR) is 147 cm³/mol. The molecule has 4 rings (SSSR count). The maximum atomic E-state index is 13.4. The quantitative estimate of drug-likeness (QED) is 0.286. The second kappa shape index (κ2) is 11.6. The average molecular weight is 576 g/mol. The van der Waals surface area contributed by atoms with Gasteiger partial charge in [-0.25, -0.2) is 4.79 Å². The van der Waals surface area contributed by atoms with Crippen molar-refractivity contribution in [3.05, 3.63) is 11.6 Å². The van der Waals surface area contributed by atoms with Gasteiger partial charge >= 0.3 is 11.9 Å². The topological polar surface area (TPSA) is 167 Å². The third-order valence-electron chi connectivity index (χ3n) is 11.2. The number of hydrogen-bond acceptors (Lipinski definition) is 8. The fourth-order valence-electron chi connectivity index (χ4n) is 8.63. The van der Waals surface area contributed by atoms with Gasteiger partial charge in [0, 0.05) is 18.3 Å². The van der Waals surface area contributed by atoms with Gasteiger partial charge in [-0.2, -0.15) is 0 Å². The van der Waals surface area contributed by atoms with Crippen molar-refractivity contribution in [2.75, 3.05) is 6.61 Å². The van der Waals surface area contributed by atoms with Crippen molar-refractivity contribution in [1.82, 2.24) is 5.32 Å². The average Bonchev–Trinajstić information content (AvgIpc) is 3.19. The first-order valence-corrected chi connectivity index (χ1v) is 15.0. The van der Waals surface area contributed by atoms with Crippen LogP contribution in [0.3, 0.4) is 0 Å². The first-order valence-electron chi connectivity index (χ1n) is 15.0. The number of carbonyl (C=O) groups excluding carboxylic acids is 4. The van der Waals surface area contributed by atoms with E-state index >= 15 is 0 Å². The molecule has 10 nitrogen and oxygen atoms in total. The van der Waals surface area contributed by atoms with E-state index in [0.717, 1.165) is 18.4 Å². The maximum Gasteiger partial charge on any atom is 0.326 e. The number of carboxylic acids is 1. The van der Waals surface area contributed by atoms with Gasteiger partial charge in [0.25, 0.3) is 0 Å². The number of carboxylic acid groups (broad SMARTS) is 1. The number of rotatable bonds is 10. The Bertz CT molecular complexity index is 1130. The zero-order valence-corrected chi connectivity index (χ0v) is 24.6. The molecule has 0 bridgehead atoms. The molecule has 4 aliphatic rings. The molecule has 9 atom stereocenters. The Morgan fingerprint density at radius 2 is 1.83 bits per heavy atom. The number of aliphatic hydroxyl groups is 2. The van der Waals surface area contributed by atoms with Crippen molar-refractivity contribution < 1.29 is 44.0 Å². The molecule has 228 valence electrons. The fourth-order valence-corrected chi connectivity index (χ4v) is 8.63. The second-order valence-electron chi connectivity index (χ2n) is 13.3. The van der Waals surface area contributed by atoms with E-state index in [2.05, 4.69) is 12.2 Å². The number of Topliss-reactive ketones (excluding diaryl/α,β-unsaturated/α-hetero) is 1.